The van der Waals surface area contributed by atoms with E-state index in [1.54, 1.807) is 18.2 Å². The average molecular weight is 270 g/mol. The van der Waals surface area contributed by atoms with Crippen LogP contribution in [0.15, 0.2) is 24.3 Å². The number of rotatable bonds is 3. The van der Waals surface area contributed by atoms with Crippen LogP contribution in [-0.4, -0.2) is 35.6 Å². The number of nitrogens with zero attached hydrogens (tertiary/aromatic N) is 1. The van der Waals surface area contributed by atoms with Gasteiger partial charge in [-0.1, -0.05) is 12.1 Å². The second kappa shape index (κ2) is 7.80. The van der Waals surface area contributed by atoms with E-state index in [1.807, 2.05) is 19.9 Å². The fraction of sp³-hybridized carbons (Fsp3) is 0.333. The number of anilines is 1. The minimum absolute atomic E-state index is 0.0216. The number of primary amides is 1. The van der Waals surface area contributed by atoms with E-state index in [4.69, 9.17) is 19.7 Å². The molecule has 0 unspecified atom stereocenters. The van der Waals surface area contributed by atoms with Crippen molar-refractivity contribution < 1.29 is 24.5 Å². The lowest BCUT2D eigenvalue weighted by Crippen LogP contribution is -2.24. The summed E-state index contributed by atoms with van der Waals surface area (Å²) >= 11 is 0. The predicted octanol–water partition coefficient (Wildman–Crippen LogP) is 2.21. The SMILES string of the molecule is CC(C)Oc1ccccc1N(C)C(=O)O.NC(=O)O. The van der Waals surface area contributed by atoms with E-state index in [1.165, 1.54) is 7.05 Å². The van der Waals surface area contributed by atoms with Gasteiger partial charge in [-0.15, -0.1) is 0 Å². The molecule has 0 bridgehead atoms. The molecule has 0 spiro atoms. The summed E-state index contributed by atoms with van der Waals surface area (Å²) in [5.74, 6) is 0.581. The van der Waals surface area contributed by atoms with Crippen LogP contribution in [0.5, 0.6) is 5.75 Å². The van der Waals surface area contributed by atoms with E-state index in [9.17, 15) is 4.79 Å². The maximum Gasteiger partial charge on any atom is 0.411 e. The van der Waals surface area contributed by atoms with Gasteiger partial charge < -0.3 is 20.7 Å². The summed E-state index contributed by atoms with van der Waals surface area (Å²) in [5, 5.41) is 16.1. The Morgan fingerprint density at radius 3 is 2.16 bits per heavy atom. The van der Waals surface area contributed by atoms with Crippen molar-refractivity contribution in [3.05, 3.63) is 24.3 Å². The molecule has 0 aliphatic carbocycles. The van der Waals surface area contributed by atoms with Gasteiger partial charge >= 0.3 is 12.2 Å². The zero-order chi connectivity index (χ0) is 15.0. The van der Waals surface area contributed by atoms with Crippen LogP contribution >= 0.6 is 0 Å². The van der Waals surface area contributed by atoms with Crippen molar-refractivity contribution in [1.29, 1.82) is 0 Å². The van der Waals surface area contributed by atoms with Gasteiger partial charge in [-0.3, -0.25) is 4.90 Å². The summed E-state index contributed by atoms with van der Waals surface area (Å²) in [6, 6.07) is 7.07. The van der Waals surface area contributed by atoms with Gasteiger partial charge in [0, 0.05) is 7.05 Å². The number of nitrogens with two attached hydrogens (primary N) is 1. The molecule has 2 amide bonds. The second-order valence-electron chi connectivity index (χ2n) is 3.81. The van der Waals surface area contributed by atoms with E-state index >= 15 is 0 Å². The fourth-order valence-electron chi connectivity index (χ4n) is 1.19. The maximum atomic E-state index is 10.8. The molecule has 0 aromatic heterocycles. The Kier molecular flexibility index (Phi) is 6.80. The van der Waals surface area contributed by atoms with Crippen molar-refractivity contribution in [3.8, 4) is 5.75 Å². The quantitative estimate of drug-likeness (QED) is 0.779. The van der Waals surface area contributed by atoms with Crippen LogP contribution < -0.4 is 15.4 Å². The van der Waals surface area contributed by atoms with E-state index in [2.05, 4.69) is 5.73 Å². The number of carboxylic acid groups (broad SMARTS) is 2. The van der Waals surface area contributed by atoms with Crippen LogP contribution in [0, 0.1) is 0 Å². The molecular weight excluding hydrogens is 252 g/mol. The van der Waals surface area contributed by atoms with Crippen molar-refractivity contribution in [2.75, 3.05) is 11.9 Å². The molecule has 1 rings (SSSR count). The molecule has 0 saturated heterocycles. The van der Waals surface area contributed by atoms with Crippen molar-refractivity contribution in [1.82, 2.24) is 0 Å². The van der Waals surface area contributed by atoms with Crippen LogP contribution in [0.1, 0.15) is 13.8 Å². The number of hydrogen-bond acceptors (Lipinski definition) is 3. The van der Waals surface area contributed by atoms with Crippen LogP contribution in [0.4, 0.5) is 15.3 Å². The Balaban J connectivity index is 0.000000711. The molecular formula is C12H18N2O5. The lowest BCUT2D eigenvalue weighted by Gasteiger charge is -2.19. The lowest BCUT2D eigenvalue weighted by atomic mass is 10.2. The summed E-state index contributed by atoms with van der Waals surface area (Å²) in [6.07, 6.45) is -2.32. The molecule has 19 heavy (non-hydrogen) atoms. The van der Waals surface area contributed by atoms with Gasteiger partial charge in [0.15, 0.2) is 0 Å². The van der Waals surface area contributed by atoms with E-state index < -0.39 is 12.2 Å². The minimum Gasteiger partial charge on any atom is -0.489 e. The Labute approximate surface area is 111 Å². The third kappa shape index (κ3) is 6.77. The van der Waals surface area contributed by atoms with Gasteiger partial charge in [0.1, 0.15) is 5.75 Å². The van der Waals surface area contributed by atoms with Crippen LogP contribution in [-0.2, 0) is 0 Å². The Morgan fingerprint density at radius 2 is 1.74 bits per heavy atom. The van der Waals surface area contributed by atoms with Gasteiger partial charge in [0.25, 0.3) is 0 Å². The summed E-state index contributed by atoms with van der Waals surface area (Å²) in [7, 11) is 1.49. The molecule has 1 aromatic carbocycles. The number of carbonyl (C=O) groups is 2. The van der Waals surface area contributed by atoms with Crippen molar-refractivity contribution in [2.45, 2.75) is 20.0 Å². The molecule has 4 N–H and O–H groups in total. The summed E-state index contributed by atoms with van der Waals surface area (Å²) in [4.78, 5) is 20.7. The number of hydrogen-bond donors (Lipinski definition) is 3. The van der Waals surface area contributed by atoms with Crippen LogP contribution in [0.2, 0.25) is 0 Å². The summed E-state index contributed by atoms with van der Waals surface area (Å²) in [5.41, 5.74) is 4.58. The lowest BCUT2D eigenvalue weighted by molar-refractivity contribution is 0.202. The highest BCUT2D eigenvalue weighted by Gasteiger charge is 2.13. The molecule has 7 heteroatoms. The van der Waals surface area contributed by atoms with E-state index in [0.29, 0.717) is 11.4 Å². The van der Waals surface area contributed by atoms with Gasteiger partial charge in [-0.2, -0.15) is 0 Å². The monoisotopic (exact) mass is 270 g/mol. The molecule has 0 atom stereocenters. The topological polar surface area (TPSA) is 113 Å². The van der Waals surface area contributed by atoms with Crippen molar-refractivity contribution in [3.63, 3.8) is 0 Å². The number of para-hydroxylation sites is 2. The molecule has 0 aliphatic heterocycles. The standard InChI is InChI=1S/C11H15NO3.CH3NO2/c1-8(2)15-10-7-5-4-6-9(10)12(3)11(13)14;2-1(3)4/h4-8H,1-3H3,(H,13,14);2H2,(H,3,4). The number of amides is 2. The third-order valence-corrected chi connectivity index (χ3v) is 1.88. The first kappa shape index (κ1) is 16.6. The smallest absolute Gasteiger partial charge is 0.411 e. The first-order valence-corrected chi connectivity index (χ1v) is 5.46. The Hall–Kier alpha value is -2.44. The van der Waals surface area contributed by atoms with E-state index in [-0.39, 0.29) is 6.10 Å². The van der Waals surface area contributed by atoms with Gasteiger partial charge in [0.05, 0.1) is 11.8 Å². The molecule has 0 radical (unpaired) electrons. The van der Waals surface area contributed by atoms with Crippen LogP contribution in [0.25, 0.3) is 0 Å². The zero-order valence-corrected chi connectivity index (χ0v) is 11.0. The largest absolute Gasteiger partial charge is 0.489 e. The first-order valence-electron chi connectivity index (χ1n) is 5.46. The van der Waals surface area contributed by atoms with Crippen molar-refractivity contribution >= 4 is 17.9 Å². The average Bonchev–Trinajstić information content (AvgIpc) is 2.27. The number of ether oxygens (including phenoxy) is 1. The maximum absolute atomic E-state index is 10.8. The summed E-state index contributed by atoms with van der Waals surface area (Å²) in [6.45, 7) is 3.80. The molecule has 0 aliphatic rings. The molecule has 0 saturated carbocycles. The van der Waals surface area contributed by atoms with Crippen molar-refractivity contribution in [2.24, 2.45) is 5.73 Å². The zero-order valence-electron chi connectivity index (χ0n) is 11.0. The normalized spacial score (nSPS) is 9.26. The van der Waals surface area contributed by atoms with Gasteiger partial charge in [-0.05, 0) is 26.0 Å². The van der Waals surface area contributed by atoms with Gasteiger partial charge in [-0.25, -0.2) is 9.59 Å². The highest BCUT2D eigenvalue weighted by molar-refractivity contribution is 5.87. The van der Waals surface area contributed by atoms with Gasteiger partial charge in [0.2, 0.25) is 0 Å². The molecule has 1 aromatic rings. The number of benzene rings is 1. The molecule has 0 heterocycles. The predicted molar refractivity (Wildman–Crippen MR) is 70.8 cm³/mol. The highest BCUT2D eigenvalue weighted by atomic mass is 16.5. The second-order valence-corrected chi connectivity index (χ2v) is 3.81. The van der Waals surface area contributed by atoms with E-state index in [0.717, 1.165) is 4.90 Å². The Bertz CT molecular complexity index is 430. The molecule has 0 fully saturated rings. The summed E-state index contributed by atoms with van der Waals surface area (Å²) < 4.78 is 5.51. The fourth-order valence-corrected chi connectivity index (χ4v) is 1.19. The molecule has 7 nitrogen and oxygen atoms in total. The van der Waals surface area contributed by atoms with Crippen LogP contribution in [0.3, 0.4) is 0 Å². The molecule has 106 valence electrons. The Morgan fingerprint density at radius 1 is 1.26 bits per heavy atom. The minimum atomic E-state index is -1.33. The first-order chi connectivity index (χ1) is 8.75. The highest BCUT2D eigenvalue weighted by Crippen LogP contribution is 2.27. The third-order valence-electron chi connectivity index (χ3n) is 1.88.